The first kappa shape index (κ1) is 12.4. The lowest BCUT2D eigenvalue weighted by atomic mass is 10.1. The summed E-state index contributed by atoms with van der Waals surface area (Å²) in [5.41, 5.74) is 0.859. The molecule has 17 heavy (non-hydrogen) atoms. The molecule has 0 aliphatic carbocycles. The minimum Gasteiger partial charge on any atom is -0.426 e. The van der Waals surface area contributed by atoms with Crippen molar-refractivity contribution in [3.8, 4) is 0 Å². The number of aryl methyl sites for hydroxylation is 2. The molecular formula is C14H15BrO2. The number of rotatable bonds is 3. The Morgan fingerprint density at radius 3 is 2.82 bits per heavy atom. The molecule has 2 rings (SSSR count). The van der Waals surface area contributed by atoms with Crippen LogP contribution >= 0.6 is 15.9 Å². The molecule has 0 fully saturated rings. The molecule has 0 radical (unpaired) electrons. The third kappa shape index (κ3) is 2.29. The van der Waals surface area contributed by atoms with Gasteiger partial charge in [0.2, 0.25) is 0 Å². The first-order chi connectivity index (χ1) is 8.15. The maximum atomic E-state index is 11.9. The summed E-state index contributed by atoms with van der Waals surface area (Å²) in [6.07, 6.45) is 2.91. The average molecular weight is 295 g/mol. The standard InChI is InChI=1S/C14H15BrO2/c1-3-4-8-11-13(15)12-9(2)6-5-7-10(12)14(16)17-11/h5-7H,3-4,8H2,1-2H3. The van der Waals surface area contributed by atoms with Gasteiger partial charge in [0.1, 0.15) is 5.76 Å². The largest absolute Gasteiger partial charge is 0.426 e. The van der Waals surface area contributed by atoms with Crippen LogP contribution in [0.25, 0.3) is 10.8 Å². The van der Waals surface area contributed by atoms with E-state index in [0.717, 1.165) is 40.4 Å². The van der Waals surface area contributed by atoms with Crippen LogP contribution in [0, 0.1) is 6.92 Å². The van der Waals surface area contributed by atoms with Gasteiger partial charge in [0.25, 0.3) is 0 Å². The van der Waals surface area contributed by atoms with E-state index in [1.165, 1.54) is 0 Å². The van der Waals surface area contributed by atoms with Gasteiger partial charge in [-0.15, -0.1) is 0 Å². The third-order valence-electron chi connectivity index (χ3n) is 2.93. The minimum atomic E-state index is -0.238. The first-order valence-electron chi connectivity index (χ1n) is 5.86. The van der Waals surface area contributed by atoms with Crippen LogP contribution in [0.5, 0.6) is 0 Å². The van der Waals surface area contributed by atoms with E-state index in [1.807, 2.05) is 25.1 Å². The van der Waals surface area contributed by atoms with Crippen LogP contribution in [-0.4, -0.2) is 0 Å². The molecule has 0 bridgehead atoms. The number of fused-ring (bicyclic) bond motifs is 1. The summed E-state index contributed by atoms with van der Waals surface area (Å²) in [7, 11) is 0. The van der Waals surface area contributed by atoms with Gasteiger partial charge in [-0.3, -0.25) is 0 Å². The molecule has 1 heterocycles. The minimum absolute atomic E-state index is 0.238. The summed E-state index contributed by atoms with van der Waals surface area (Å²) in [5.74, 6) is 0.763. The quantitative estimate of drug-likeness (QED) is 0.849. The van der Waals surface area contributed by atoms with Crippen molar-refractivity contribution in [2.45, 2.75) is 33.1 Å². The molecule has 0 aliphatic rings. The fourth-order valence-electron chi connectivity index (χ4n) is 1.98. The predicted octanol–water partition coefficient (Wildman–Crippen LogP) is 4.21. The lowest BCUT2D eigenvalue weighted by Gasteiger charge is -2.07. The van der Waals surface area contributed by atoms with Crippen LogP contribution in [0.1, 0.15) is 31.1 Å². The Bertz CT molecular complexity index is 599. The maximum absolute atomic E-state index is 11.9. The van der Waals surface area contributed by atoms with Crippen molar-refractivity contribution in [3.63, 3.8) is 0 Å². The molecule has 3 heteroatoms. The summed E-state index contributed by atoms with van der Waals surface area (Å²) in [5, 5.41) is 1.63. The SMILES string of the molecule is CCCCc1oc(=O)c2cccc(C)c2c1Br. The lowest BCUT2D eigenvalue weighted by Crippen LogP contribution is -2.04. The van der Waals surface area contributed by atoms with Gasteiger partial charge in [-0.25, -0.2) is 4.79 Å². The number of halogens is 1. The van der Waals surface area contributed by atoms with E-state index in [-0.39, 0.29) is 5.63 Å². The molecule has 1 aromatic heterocycles. The van der Waals surface area contributed by atoms with Gasteiger partial charge >= 0.3 is 5.63 Å². The fourth-order valence-corrected chi connectivity index (χ4v) is 2.78. The second-order valence-corrected chi connectivity index (χ2v) is 5.02. The smallest absolute Gasteiger partial charge is 0.343 e. The summed E-state index contributed by atoms with van der Waals surface area (Å²) >= 11 is 3.56. The zero-order valence-electron chi connectivity index (χ0n) is 10.0. The van der Waals surface area contributed by atoms with Gasteiger partial charge in [0.15, 0.2) is 0 Å². The molecule has 2 nitrogen and oxygen atoms in total. The molecule has 0 spiro atoms. The van der Waals surface area contributed by atoms with Crippen molar-refractivity contribution in [2.75, 3.05) is 0 Å². The highest BCUT2D eigenvalue weighted by molar-refractivity contribution is 9.10. The van der Waals surface area contributed by atoms with Gasteiger partial charge in [0.05, 0.1) is 9.86 Å². The maximum Gasteiger partial charge on any atom is 0.343 e. The zero-order chi connectivity index (χ0) is 12.4. The van der Waals surface area contributed by atoms with Crippen molar-refractivity contribution in [2.24, 2.45) is 0 Å². The number of hydrogen-bond donors (Lipinski definition) is 0. The van der Waals surface area contributed by atoms with Crippen molar-refractivity contribution in [1.82, 2.24) is 0 Å². The number of hydrogen-bond acceptors (Lipinski definition) is 2. The average Bonchev–Trinajstić information content (AvgIpc) is 2.32. The van der Waals surface area contributed by atoms with Gasteiger partial charge in [-0.2, -0.15) is 0 Å². The topological polar surface area (TPSA) is 30.2 Å². The second kappa shape index (κ2) is 5.05. The Balaban J connectivity index is 2.70. The molecule has 2 aromatic rings. The highest BCUT2D eigenvalue weighted by Crippen LogP contribution is 2.28. The fraction of sp³-hybridized carbons (Fsp3) is 0.357. The van der Waals surface area contributed by atoms with Crippen LogP contribution in [-0.2, 0) is 6.42 Å². The Morgan fingerprint density at radius 2 is 2.12 bits per heavy atom. The van der Waals surface area contributed by atoms with Crippen molar-refractivity contribution in [1.29, 1.82) is 0 Å². The van der Waals surface area contributed by atoms with E-state index in [1.54, 1.807) is 0 Å². The lowest BCUT2D eigenvalue weighted by molar-refractivity contribution is 0.456. The van der Waals surface area contributed by atoms with Crippen LogP contribution in [0.3, 0.4) is 0 Å². The van der Waals surface area contributed by atoms with Gasteiger partial charge in [-0.1, -0.05) is 25.5 Å². The number of benzene rings is 1. The van der Waals surface area contributed by atoms with E-state index in [9.17, 15) is 4.79 Å². The van der Waals surface area contributed by atoms with Gasteiger partial charge in [0, 0.05) is 11.8 Å². The van der Waals surface area contributed by atoms with E-state index < -0.39 is 0 Å². The van der Waals surface area contributed by atoms with Crippen molar-refractivity contribution < 1.29 is 4.42 Å². The Kier molecular flexibility index (Phi) is 3.67. The molecule has 0 unspecified atom stereocenters. The van der Waals surface area contributed by atoms with E-state index >= 15 is 0 Å². The molecule has 0 aliphatic heterocycles. The van der Waals surface area contributed by atoms with Crippen molar-refractivity contribution >= 4 is 26.7 Å². The normalized spacial score (nSPS) is 11.0. The van der Waals surface area contributed by atoms with Crippen LogP contribution in [0.2, 0.25) is 0 Å². The van der Waals surface area contributed by atoms with Crippen LogP contribution in [0.15, 0.2) is 31.9 Å². The molecule has 0 saturated carbocycles. The highest BCUT2D eigenvalue weighted by atomic mass is 79.9. The summed E-state index contributed by atoms with van der Waals surface area (Å²) in [6, 6.07) is 5.70. The van der Waals surface area contributed by atoms with Gasteiger partial charge < -0.3 is 4.42 Å². The first-order valence-corrected chi connectivity index (χ1v) is 6.65. The van der Waals surface area contributed by atoms with E-state index in [2.05, 4.69) is 22.9 Å². The molecule has 0 amide bonds. The van der Waals surface area contributed by atoms with Crippen LogP contribution < -0.4 is 5.63 Å². The molecule has 0 N–H and O–H groups in total. The predicted molar refractivity (Wildman–Crippen MR) is 73.5 cm³/mol. The monoisotopic (exact) mass is 294 g/mol. The second-order valence-electron chi connectivity index (χ2n) is 4.23. The van der Waals surface area contributed by atoms with E-state index in [0.29, 0.717) is 5.39 Å². The summed E-state index contributed by atoms with van der Waals surface area (Å²) in [6.45, 7) is 4.13. The highest BCUT2D eigenvalue weighted by Gasteiger charge is 2.12. The third-order valence-corrected chi connectivity index (χ3v) is 3.77. The van der Waals surface area contributed by atoms with Crippen molar-refractivity contribution in [3.05, 3.63) is 44.4 Å². The Morgan fingerprint density at radius 1 is 1.35 bits per heavy atom. The molecular weight excluding hydrogens is 280 g/mol. The zero-order valence-corrected chi connectivity index (χ0v) is 11.6. The molecule has 90 valence electrons. The molecule has 1 aromatic carbocycles. The summed E-state index contributed by atoms with van der Waals surface area (Å²) < 4.78 is 6.31. The summed E-state index contributed by atoms with van der Waals surface area (Å²) in [4.78, 5) is 11.9. The van der Waals surface area contributed by atoms with Crippen LogP contribution in [0.4, 0.5) is 0 Å². The Hall–Kier alpha value is -1.09. The molecule has 0 saturated heterocycles. The Labute approximate surface area is 109 Å². The molecule has 0 atom stereocenters. The van der Waals surface area contributed by atoms with Gasteiger partial charge in [-0.05, 0) is 40.9 Å². The van der Waals surface area contributed by atoms with E-state index in [4.69, 9.17) is 4.42 Å². The number of unbranched alkanes of at least 4 members (excludes halogenated alkanes) is 1.